The Bertz CT molecular complexity index is 1300. The standard InChI is InChI=1S/C26H20ClN3O2/c27-21-6-3-4-18(14-21)15-24(26(29)32-17-28)19-9-12-23(13-10-19)31-16-22-11-8-20-5-1-2-7-25(20)30-22/h1-15,17,28-29H,16H2/b24-15+,28-17?,29-26?. The van der Waals surface area contributed by atoms with Gasteiger partial charge in [-0.1, -0.05) is 60.1 Å². The Kier molecular flexibility index (Phi) is 6.58. The van der Waals surface area contributed by atoms with Crippen LogP contribution in [0.4, 0.5) is 0 Å². The molecule has 4 rings (SSSR count). The van der Waals surface area contributed by atoms with Gasteiger partial charge in [-0.15, -0.1) is 0 Å². The van der Waals surface area contributed by atoms with Crippen LogP contribution in [0, 0.1) is 10.8 Å². The Morgan fingerprint density at radius 1 is 0.938 bits per heavy atom. The van der Waals surface area contributed by atoms with Crippen molar-refractivity contribution >= 4 is 46.5 Å². The highest BCUT2D eigenvalue weighted by atomic mass is 35.5. The lowest BCUT2D eigenvalue weighted by Gasteiger charge is -2.11. The number of nitrogens with zero attached hydrogens (tertiary/aromatic N) is 1. The van der Waals surface area contributed by atoms with Gasteiger partial charge in [0.05, 0.1) is 11.2 Å². The van der Waals surface area contributed by atoms with E-state index in [0.717, 1.165) is 34.1 Å². The third-order valence-corrected chi connectivity index (χ3v) is 5.02. The zero-order chi connectivity index (χ0) is 22.3. The highest BCUT2D eigenvalue weighted by molar-refractivity contribution is 6.31. The largest absolute Gasteiger partial charge is 0.487 e. The van der Waals surface area contributed by atoms with Crippen LogP contribution in [0.3, 0.4) is 0 Å². The van der Waals surface area contributed by atoms with Crippen molar-refractivity contribution in [1.82, 2.24) is 4.98 Å². The number of aromatic nitrogens is 1. The van der Waals surface area contributed by atoms with Crippen molar-refractivity contribution in [3.8, 4) is 5.75 Å². The van der Waals surface area contributed by atoms with Crippen molar-refractivity contribution in [2.24, 2.45) is 0 Å². The van der Waals surface area contributed by atoms with E-state index in [4.69, 9.17) is 31.9 Å². The first-order valence-corrected chi connectivity index (χ1v) is 10.3. The summed E-state index contributed by atoms with van der Waals surface area (Å²) >= 11 is 6.08. The molecule has 0 fully saturated rings. The SMILES string of the molecule is N=COC(=N)/C(=C/c1cccc(Cl)c1)c1ccc(OCc2ccc3ccccc3n2)cc1. The van der Waals surface area contributed by atoms with Gasteiger partial charge in [0.15, 0.2) is 6.40 Å². The predicted octanol–water partition coefficient (Wildman–Crippen LogP) is 6.61. The zero-order valence-corrected chi connectivity index (χ0v) is 17.8. The number of halogens is 1. The van der Waals surface area contributed by atoms with Crippen LogP contribution in [-0.4, -0.2) is 17.3 Å². The van der Waals surface area contributed by atoms with Crippen LogP contribution in [0.25, 0.3) is 22.6 Å². The lowest BCUT2D eigenvalue weighted by atomic mass is 10.0. The van der Waals surface area contributed by atoms with Crippen LogP contribution in [0.15, 0.2) is 84.9 Å². The second-order valence-corrected chi connectivity index (χ2v) is 7.42. The second-order valence-electron chi connectivity index (χ2n) is 6.99. The van der Waals surface area contributed by atoms with Crippen LogP contribution in [0.2, 0.25) is 5.02 Å². The molecule has 0 aliphatic carbocycles. The number of rotatable bonds is 7. The molecule has 0 spiro atoms. The maximum Gasteiger partial charge on any atom is 0.221 e. The average molecular weight is 442 g/mol. The summed E-state index contributed by atoms with van der Waals surface area (Å²) in [6, 6.07) is 26.6. The van der Waals surface area contributed by atoms with Crippen molar-refractivity contribution in [2.45, 2.75) is 6.61 Å². The number of para-hydroxylation sites is 1. The Labute approximate surface area is 190 Å². The van der Waals surface area contributed by atoms with Crippen LogP contribution < -0.4 is 4.74 Å². The lowest BCUT2D eigenvalue weighted by molar-refractivity contribution is 0.302. The van der Waals surface area contributed by atoms with Gasteiger partial charge in [-0.25, -0.2) is 4.98 Å². The fourth-order valence-corrected chi connectivity index (χ4v) is 3.44. The number of hydrogen-bond acceptors (Lipinski definition) is 5. The number of nitrogens with one attached hydrogen (secondary N) is 2. The number of fused-ring (bicyclic) bond motifs is 1. The van der Waals surface area contributed by atoms with E-state index in [1.54, 1.807) is 18.2 Å². The van der Waals surface area contributed by atoms with Crippen LogP contribution in [0.1, 0.15) is 16.8 Å². The van der Waals surface area contributed by atoms with E-state index in [9.17, 15) is 0 Å². The highest BCUT2D eigenvalue weighted by Gasteiger charge is 2.11. The van der Waals surface area contributed by atoms with Crippen molar-refractivity contribution in [3.05, 3.63) is 107 Å². The number of pyridine rings is 1. The van der Waals surface area contributed by atoms with Crippen molar-refractivity contribution in [1.29, 1.82) is 10.8 Å². The summed E-state index contributed by atoms with van der Waals surface area (Å²) in [6.45, 7) is 0.349. The summed E-state index contributed by atoms with van der Waals surface area (Å²) < 4.78 is 10.9. The van der Waals surface area contributed by atoms with Crippen LogP contribution in [-0.2, 0) is 11.3 Å². The molecule has 1 heterocycles. The normalized spacial score (nSPS) is 11.2. The van der Waals surface area contributed by atoms with Crippen LogP contribution >= 0.6 is 11.6 Å². The first kappa shape index (κ1) is 21.3. The maximum atomic E-state index is 8.19. The van der Waals surface area contributed by atoms with Crippen molar-refractivity contribution < 1.29 is 9.47 Å². The van der Waals surface area contributed by atoms with Crippen molar-refractivity contribution in [3.63, 3.8) is 0 Å². The molecule has 1 aromatic heterocycles. The van der Waals surface area contributed by atoms with E-state index in [-0.39, 0.29) is 5.90 Å². The molecular formula is C26H20ClN3O2. The molecule has 0 saturated heterocycles. The van der Waals surface area contributed by atoms with E-state index in [2.05, 4.69) is 4.98 Å². The zero-order valence-electron chi connectivity index (χ0n) is 17.1. The molecule has 0 amide bonds. The van der Waals surface area contributed by atoms with E-state index < -0.39 is 0 Å². The number of benzene rings is 3. The number of hydrogen-bond donors (Lipinski definition) is 2. The van der Waals surface area contributed by atoms with Crippen molar-refractivity contribution in [2.75, 3.05) is 0 Å². The summed E-state index contributed by atoms with van der Waals surface area (Å²) in [7, 11) is 0. The quantitative estimate of drug-likeness (QED) is 0.192. The monoisotopic (exact) mass is 441 g/mol. The molecule has 0 aliphatic heterocycles. The summed E-state index contributed by atoms with van der Waals surface area (Å²) in [5, 5.41) is 17.0. The minimum Gasteiger partial charge on any atom is -0.487 e. The van der Waals surface area contributed by atoms with Gasteiger partial charge in [0.2, 0.25) is 5.90 Å². The summed E-state index contributed by atoms with van der Waals surface area (Å²) in [5.41, 5.74) is 3.89. The van der Waals surface area contributed by atoms with Gasteiger partial charge in [-0.05, 0) is 53.6 Å². The van der Waals surface area contributed by atoms with Gasteiger partial charge < -0.3 is 9.47 Å². The third-order valence-electron chi connectivity index (χ3n) is 4.79. The molecule has 3 aromatic carbocycles. The second kappa shape index (κ2) is 9.90. The molecule has 0 bridgehead atoms. The third kappa shape index (κ3) is 5.20. The van der Waals surface area contributed by atoms with Crippen LogP contribution in [0.5, 0.6) is 5.75 Å². The molecule has 5 nitrogen and oxygen atoms in total. The molecule has 2 N–H and O–H groups in total. The fourth-order valence-electron chi connectivity index (χ4n) is 3.24. The van der Waals surface area contributed by atoms with E-state index in [1.165, 1.54) is 0 Å². The minimum absolute atomic E-state index is 0.131. The Morgan fingerprint density at radius 2 is 1.75 bits per heavy atom. The molecule has 32 heavy (non-hydrogen) atoms. The topological polar surface area (TPSA) is 79.0 Å². The molecule has 0 aliphatic rings. The first-order valence-electron chi connectivity index (χ1n) is 9.92. The molecule has 4 aromatic rings. The Hall–Kier alpha value is -3.96. The van der Waals surface area contributed by atoms with E-state index in [0.29, 0.717) is 23.0 Å². The first-order chi connectivity index (χ1) is 15.6. The van der Waals surface area contributed by atoms with Gasteiger partial charge in [-0.3, -0.25) is 10.8 Å². The highest BCUT2D eigenvalue weighted by Crippen LogP contribution is 2.24. The molecule has 158 valence electrons. The molecule has 6 heteroatoms. The number of ether oxygens (including phenoxy) is 2. The smallest absolute Gasteiger partial charge is 0.221 e. The Morgan fingerprint density at radius 3 is 2.53 bits per heavy atom. The Balaban J connectivity index is 1.52. The van der Waals surface area contributed by atoms with Gasteiger partial charge in [0, 0.05) is 16.0 Å². The van der Waals surface area contributed by atoms with Gasteiger partial charge in [-0.2, -0.15) is 0 Å². The van der Waals surface area contributed by atoms with Gasteiger partial charge in [0.1, 0.15) is 12.4 Å². The minimum atomic E-state index is -0.131. The van der Waals surface area contributed by atoms with E-state index >= 15 is 0 Å². The molecular weight excluding hydrogens is 422 g/mol. The molecule has 0 atom stereocenters. The van der Waals surface area contributed by atoms with Gasteiger partial charge in [0.25, 0.3) is 0 Å². The summed E-state index contributed by atoms with van der Waals surface area (Å²) in [4.78, 5) is 4.62. The average Bonchev–Trinajstić information content (AvgIpc) is 2.82. The van der Waals surface area contributed by atoms with Gasteiger partial charge >= 0.3 is 0 Å². The fraction of sp³-hybridized carbons (Fsp3) is 0.0385. The molecule has 0 saturated carbocycles. The summed E-state index contributed by atoms with van der Waals surface area (Å²) in [6.07, 6.45) is 2.54. The molecule has 0 unspecified atom stereocenters. The summed E-state index contributed by atoms with van der Waals surface area (Å²) in [5.74, 6) is 0.555. The lowest BCUT2D eigenvalue weighted by Crippen LogP contribution is -2.05. The maximum absolute atomic E-state index is 8.19. The van der Waals surface area contributed by atoms with E-state index in [1.807, 2.05) is 72.8 Å². The predicted molar refractivity (Wildman–Crippen MR) is 129 cm³/mol. The molecule has 0 radical (unpaired) electrons.